The molecule has 202 valence electrons. The van der Waals surface area contributed by atoms with Gasteiger partial charge in [-0.1, -0.05) is 65.1 Å². The lowest BCUT2D eigenvalue weighted by molar-refractivity contribution is -0.149. The van der Waals surface area contributed by atoms with E-state index >= 15 is 0 Å². The summed E-state index contributed by atoms with van der Waals surface area (Å²) in [6, 6.07) is 14.4. The summed E-state index contributed by atoms with van der Waals surface area (Å²) in [5.74, 6) is -0.0539. The zero-order valence-electron chi connectivity index (χ0n) is 21.3. The maximum Gasteiger partial charge on any atom is 0.309 e. The first-order chi connectivity index (χ1) is 18.3. The minimum atomic E-state index is -3.79. The Balaban J connectivity index is 1.31. The van der Waals surface area contributed by atoms with Crippen molar-refractivity contribution in [1.29, 1.82) is 0 Å². The number of esters is 1. The molecule has 0 unspecified atom stereocenters. The molecule has 0 atom stereocenters. The molecule has 3 aromatic rings. The van der Waals surface area contributed by atoms with Crippen LogP contribution in [0, 0.1) is 12.8 Å². The Morgan fingerprint density at radius 3 is 2.58 bits per heavy atom. The van der Waals surface area contributed by atoms with Gasteiger partial charge in [-0.2, -0.15) is 4.31 Å². The molecule has 9 nitrogen and oxygen atoms in total. The van der Waals surface area contributed by atoms with Gasteiger partial charge in [0.2, 0.25) is 15.2 Å². The van der Waals surface area contributed by atoms with E-state index in [-0.39, 0.29) is 42.2 Å². The molecule has 1 aliphatic rings. The quantitative estimate of drug-likeness (QED) is 0.202. The average Bonchev–Trinajstić information content (AvgIpc) is 3.39. The maximum absolute atomic E-state index is 13.2. The van der Waals surface area contributed by atoms with Gasteiger partial charge in [-0.3, -0.25) is 9.59 Å². The van der Waals surface area contributed by atoms with Crippen LogP contribution in [0.5, 0.6) is 0 Å². The SMILES string of the molecule is CCOC(=O)C1CCN(S(=O)(=O)c2cccc(C(=O)CNc3nnc(SCc4ccc(C)cc4)s3)c2)CC1. The van der Waals surface area contributed by atoms with Gasteiger partial charge < -0.3 is 10.1 Å². The molecule has 1 aromatic heterocycles. The third kappa shape index (κ3) is 7.19. The number of rotatable bonds is 11. The van der Waals surface area contributed by atoms with Gasteiger partial charge in [0.25, 0.3) is 0 Å². The highest BCUT2D eigenvalue weighted by atomic mass is 32.2. The summed E-state index contributed by atoms with van der Waals surface area (Å²) in [5, 5.41) is 11.8. The van der Waals surface area contributed by atoms with E-state index in [4.69, 9.17) is 4.74 Å². The zero-order valence-corrected chi connectivity index (χ0v) is 23.7. The van der Waals surface area contributed by atoms with Gasteiger partial charge in [-0.05, 0) is 44.4 Å². The van der Waals surface area contributed by atoms with E-state index in [1.807, 2.05) is 6.92 Å². The number of sulfonamides is 1. The van der Waals surface area contributed by atoms with Gasteiger partial charge in [0, 0.05) is 24.4 Å². The first kappa shape index (κ1) is 28.2. The summed E-state index contributed by atoms with van der Waals surface area (Å²) in [6.45, 7) is 4.53. The van der Waals surface area contributed by atoms with Gasteiger partial charge in [-0.15, -0.1) is 10.2 Å². The fourth-order valence-electron chi connectivity index (χ4n) is 4.00. The van der Waals surface area contributed by atoms with Crippen LogP contribution in [0.15, 0.2) is 57.8 Å². The van der Waals surface area contributed by atoms with Crippen LogP contribution in [0.1, 0.15) is 41.3 Å². The number of anilines is 1. The van der Waals surface area contributed by atoms with Crippen LogP contribution in [0.4, 0.5) is 5.13 Å². The Morgan fingerprint density at radius 1 is 1.13 bits per heavy atom. The molecule has 38 heavy (non-hydrogen) atoms. The van der Waals surface area contributed by atoms with E-state index in [0.717, 1.165) is 10.1 Å². The molecular formula is C26H30N4O5S3. The molecule has 1 aliphatic heterocycles. The second-order valence-corrected chi connectivity index (χ2v) is 13.0. The molecule has 0 spiro atoms. The number of hydrogen-bond acceptors (Lipinski definition) is 10. The number of hydrogen-bond donors (Lipinski definition) is 1. The van der Waals surface area contributed by atoms with E-state index in [1.54, 1.807) is 30.8 Å². The largest absolute Gasteiger partial charge is 0.466 e. The van der Waals surface area contributed by atoms with E-state index in [9.17, 15) is 18.0 Å². The smallest absolute Gasteiger partial charge is 0.309 e. The van der Waals surface area contributed by atoms with E-state index in [2.05, 4.69) is 39.8 Å². The molecule has 0 amide bonds. The number of thioether (sulfide) groups is 1. The number of piperidine rings is 1. The molecule has 0 radical (unpaired) electrons. The second-order valence-electron chi connectivity index (χ2n) is 8.88. The Labute approximate surface area is 231 Å². The molecule has 0 aliphatic carbocycles. The number of nitrogens with one attached hydrogen (secondary N) is 1. The third-order valence-corrected chi connectivity index (χ3v) is 10.1. The first-order valence-electron chi connectivity index (χ1n) is 12.3. The number of nitrogens with zero attached hydrogens (tertiary/aromatic N) is 3. The fourth-order valence-corrected chi connectivity index (χ4v) is 7.22. The number of Topliss-reactive ketones (excluding diaryl/α,β-unsaturated/α-hetero) is 1. The monoisotopic (exact) mass is 574 g/mol. The molecule has 1 saturated heterocycles. The van der Waals surface area contributed by atoms with Gasteiger partial charge in [0.15, 0.2) is 10.1 Å². The number of ketones is 1. The number of ether oxygens (including phenoxy) is 1. The molecule has 12 heteroatoms. The van der Waals surface area contributed by atoms with Crippen LogP contribution < -0.4 is 5.32 Å². The number of aryl methyl sites for hydroxylation is 1. The van der Waals surface area contributed by atoms with Crippen molar-refractivity contribution in [3.63, 3.8) is 0 Å². The van der Waals surface area contributed by atoms with Crippen molar-refractivity contribution < 1.29 is 22.7 Å². The second kappa shape index (κ2) is 12.8. The van der Waals surface area contributed by atoms with Gasteiger partial charge in [-0.25, -0.2) is 8.42 Å². The summed E-state index contributed by atoms with van der Waals surface area (Å²) in [7, 11) is -3.79. The third-order valence-electron chi connectivity index (χ3n) is 6.16. The summed E-state index contributed by atoms with van der Waals surface area (Å²) < 4.78 is 33.6. The van der Waals surface area contributed by atoms with Crippen LogP contribution in [-0.4, -0.2) is 60.9 Å². The number of carbonyl (C=O) groups is 2. The van der Waals surface area contributed by atoms with E-state index < -0.39 is 10.0 Å². The minimum Gasteiger partial charge on any atom is -0.466 e. The summed E-state index contributed by atoms with van der Waals surface area (Å²) >= 11 is 2.94. The topological polar surface area (TPSA) is 119 Å². The summed E-state index contributed by atoms with van der Waals surface area (Å²) in [6.07, 6.45) is 0.821. The van der Waals surface area contributed by atoms with Crippen LogP contribution in [0.3, 0.4) is 0 Å². The van der Waals surface area contributed by atoms with E-state index in [1.165, 1.54) is 38.9 Å². The lowest BCUT2D eigenvalue weighted by Crippen LogP contribution is -2.40. The highest BCUT2D eigenvalue weighted by molar-refractivity contribution is 8.00. The Bertz CT molecular complexity index is 1370. The number of aromatic nitrogens is 2. The highest BCUT2D eigenvalue weighted by Crippen LogP contribution is 2.29. The lowest BCUT2D eigenvalue weighted by Gasteiger charge is -2.30. The predicted molar refractivity (Wildman–Crippen MR) is 148 cm³/mol. The van der Waals surface area contributed by atoms with Crippen molar-refractivity contribution in [2.75, 3.05) is 31.6 Å². The fraction of sp³-hybridized carbons (Fsp3) is 0.385. The van der Waals surface area contributed by atoms with Crippen LogP contribution in [0.2, 0.25) is 0 Å². The van der Waals surface area contributed by atoms with Crippen LogP contribution in [0.25, 0.3) is 0 Å². The van der Waals surface area contributed by atoms with Gasteiger partial charge >= 0.3 is 5.97 Å². The van der Waals surface area contributed by atoms with Crippen molar-refractivity contribution in [2.45, 2.75) is 41.7 Å². The molecule has 0 saturated carbocycles. The zero-order chi connectivity index (χ0) is 27.1. The van der Waals surface area contributed by atoms with E-state index in [0.29, 0.717) is 30.1 Å². The average molecular weight is 575 g/mol. The van der Waals surface area contributed by atoms with Crippen LogP contribution >= 0.6 is 23.1 Å². The van der Waals surface area contributed by atoms with Crippen molar-refractivity contribution in [3.8, 4) is 0 Å². The molecule has 2 heterocycles. The Morgan fingerprint density at radius 2 is 1.87 bits per heavy atom. The van der Waals surface area contributed by atoms with Crippen molar-refractivity contribution in [1.82, 2.24) is 14.5 Å². The van der Waals surface area contributed by atoms with Crippen molar-refractivity contribution in [2.24, 2.45) is 5.92 Å². The molecule has 0 bridgehead atoms. The normalized spacial score (nSPS) is 14.8. The predicted octanol–water partition coefficient (Wildman–Crippen LogP) is 4.40. The molecular weight excluding hydrogens is 545 g/mol. The summed E-state index contributed by atoms with van der Waals surface area (Å²) in [5.41, 5.74) is 2.70. The van der Waals surface area contributed by atoms with Crippen LogP contribution in [-0.2, 0) is 25.3 Å². The summed E-state index contributed by atoms with van der Waals surface area (Å²) in [4.78, 5) is 24.9. The number of carbonyl (C=O) groups excluding carboxylic acids is 2. The van der Waals surface area contributed by atoms with Gasteiger partial charge in [0.05, 0.1) is 24.0 Å². The Hall–Kier alpha value is -2.80. The van der Waals surface area contributed by atoms with Crippen molar-refractivity contribution in [3.05, 3.63) is 65.2 Å². The Kier molecular flexibility index (Phi) is 9.53. The number of benzene rings is 2. The highest BCUT2D eigenvalue weighted by Gasteiger charge is 2.33. The lowest BCUT2D eigenvalue weighted by atomic mass is 9.98. The standard InChI is InChI=1S/C26H30N4O5S3/c1-3-35-24(32)20-11-13-30(14-12-20)38(33,34)22-6-4-5-21(15-22)23(31)16-27-25-28-29-26(37-25)36-17-19-9-7-18(2)8-10-19/h4-10,15,20H,3,11-14,16-17H2,1-2H3,(H,27,28). The molecule has 1 fully saturated rings. The maximum atomic E-state index is 13.2. The van der Waals surface area contributed by atoms with Crippen molar-refractivity contribution >= 4 is 50.0 Å². The first-order valence-corrected chi connectivity index (χ1v) is 15.6. The molecule has 4 rings (SSSR count). The molecule has 1 N–H and O–H groups in total. The minimum absolute atomic E-state index is 0.0360. The molecule has 2 aromatic carbocycles. The van der Waals surface area contributed by atoms with Gasteiger partial charge in [0.1, 0.15) is 0 Å².